The van der Waals surface area contributed by atoms with Gasteiger partial charge in [-0.15, -0.1) is 0 Å². The average Bonchev–Trinajstić information content (AvgIpc) is 2.46. The van der Waals surface area contributed by atoms with E-state index in [4.69, 9.17) is 5.73 Å². The summed E-state index contributed by atoms with van der Waals surface area (Å²) in [6.45, 7) is 10.2. The Bertz CT molecular complexity index is 482. The minimum Gasteiger partial charge on any atom is -0.369 e. The molecule has 4 nitrogen and oxygen atoms in total. The summed E-state index contributed by atoms with van der Waals surface area (Å²) in [6.07, 6.45) is 0. The van der Waals surface area contributed by atoms with Crippen LogP contribution in [0.15, 0.2) is 24.3 Å². The minimum atomic E-state index is -0.466. The second kappa shape index (κ2) is 6.16. The van der Waals surface area contributed by atoms with Crippen LogP contribution in [0.3, 0.4) is 0 Å². The highest BCUT2D eigenvalue weighted by Crippen LogP contribution is 2.22. The van der Waals surface area contributed by atoms with Crippen molar-refractivity contribution < 1.29 is 4.79 Å². The molecule has 1 fully saturated rings. The largest absolute Gasteiger partial charge is 0.369 e. The van der Waals surface area contributed by atoms with Crippen molar-refractivity contribution in [2.75, 3.05) is 38.1 Å². The van der Waals surface area contributed by atoms with Gasteiger partial charge in [0, 0.05) is 37.4 Å². The van der Waals surface area contributed by atoms with Crippen LogP contribution in [0.4, 0.5) is 5.69 Å². The molecule has 0 unspecified atom stereocenters. The molecule has 0 amide bonds. The van der Waals surface area contributed by atoms with Crippen molar-refractivity contribution >= 4 is 11.5 Å². The number of nitrogens with two attached hydrogens (primary N) is 1. The number of piperazine rings is 1. The van der Waals surface area contributed by atoms with E-state index in [1.54, 1.807) is 0 Å². The first-order chi connectivity index (χ1) is 9.79. The van der Waals surface area contributed by atoms with Crippen LogP contribution in [0.1, 0.15) is 31.1 Å². The highest BCUT2D eigenvalue weighted by Gasteiger charge is 2.28. The van der Waals surface area contributed by atoms with Crippen molar-refractivity contribution in [1.82, 2.24) is 4.90 Å². The monoisotopic (exact) mass is 289 g/mol. The summed E-state index contributed by atoms with van der Waals surface area (Å²) in [5.41, 5.74) is 7.73. The number of carbonyl (C=O) groups is 1. The van der Waals surface area contributed by atoms with Gasteiger partial charge in [0.15, 0.2) is 5.78 Å². The van der Waals surface area contributed by atoms with Crippen LogP contribution in [-0.4, -0.2) is 50.0 Å². The number of hydrogen-bond acceptors (Lipinski definition) is 4. The zero-order valence-electron chi connectivity index (χ0n) is 13.6. The van der Waals surface area contributed by atoms with Crippen molar-refractivity contribution in [3.05, 3.63) is 29.8 Å². The van der Waals surface area contributed by atoms with Gasteiger partial charge in [0.2, 0.25) is 0 Å². The molecule has 0 spiro atoms. The number of nitrogens with zero attached hydrogens (tertiary/aromatic N) is 2. The summed E-state index contributed by atoms with van der Waals surface area (Å²) in [7, 11) is 2.15. The first-order valence-corrected chi connectivity index (χ1v) is 7.62. The van der Waals surface area contributed by atoms with Crippen molar-refractivity contribution in [1.29, 1.82) is 0 Å². The van der Waals surface area contributed by atoms with Crippen LogP contribution in [0.2, 0.25) is 0 Å². The zero-order valence-corrected chi connectivity index (χ0v) is 13.6. The predicted molar refractivity (Wildman–Crippen MR) is 87.9 cm³/mol. The molecule has 1 saturated heterocycles. The smallest absolute Gasteiger partial charge is 0.180 e. The van der Waals surface area contributed by atoms with Gasteiger partial charge in [0.25, 0.3) is 0 Å². The fourth-order valence-electron chi connectivity index (χ4n) is 2.47. The molecular weight excluding hydrogens is 262 g/mol. The maximum atomic E-state index is 12.4. The first kappa shape index (κ1) is 16.0. The van der Waals surface area contributed by atoms with Crippen molar-refractivity contribution in [2.45, 2.75) is 26.8 Å². The van der Waals surface area contributed by atoms with Gasteiger partial charge < -0.3 is 15.5 Å². The number of rotatable bonds is 3. The Hall–Kier alpha value is -1.39. The van der Waals surface area contributed by atoms with E-state index in [9.17, 15) is 4.79 Å². The van der Waals surface area contributed by atoms with Crippen LogP contribution in [0.25, 0.3) is 0 Å². The van der Waals surface area contributed by atoms with Gasteiger partial charge in [0.1, 0.15) is 0 Å². The van der Waals surface area contributed by atoms with Crippen LogP contribution in [0.5, 0.6) is 0 Å². The third kappa shape index (κ3) is 3.83. The summed E-state index contributed by atoms with van der Waals surface area (Å²) in [5, 5.41) is 0. The summed E-state index contributed by atoms with van der Waals surface area (Å²) < 4.78 is 0. The average molecular weight is 289 g/mol. The van der Waals surface area contributed by atoms with Crippen molar-refractivity contribution in [2.24, 2.45) is 11.1 Å². The van der Waals surface area contributed by atoms with Crippen molar-refractivity contribution in [3.8, 4) is 0 Å². The molecule has 0 aromatic heterocycles. The number of likely N-dealkylation sites (N-methyl/N-ethyl adjacent to an activating group) is 1. The molecule has 1 aromatic carbocycles. The van der Waals surface area contributed by atoms with E-state index in [-0.39, 0.29) is 11.2 Å². The Balaban J connectivity index is 2.07. The molecule has 1 atom stereocenters. The second-order valence-electron chi connectivity index (χ2n) is 7.05. The number of carbonyl (C=O) groups excluding carboxylic acids is 1. The normalized spacial score (nSPS) is 18.6. The van der Waals surface area contributed by atoms with E-state index in [2.05, 4.69) is 16.8 Å². The topological polar surface area (TPSA) is 49.6 Å². The molecule has 0 radical (unpaired) electrons. The fraction of sp³-hybridized carbons (Fsp3) is 0.588. The van der Waals surface area contributed by atoms with E-state index < -0.39 is 6.04 Å². The number of hydrogen-bond donors (Lipinski definition) is 1. The van der Waals surface area contributed by atoms with Crippen LogP contribution in [0, 0.1) is 5.41 Å². The molecule has 1 aliphatic heterocycles. The van der Waals surface area contributed by atoms with Gasteiger partial charge in [-0.25, -0.2) is 0 Å². The molecule has 4 heteroatoms. The van der Waals surface area contributed by atoms with E-state index in [0.717, 1.165) is 26.2 Å². The minimum absolute atomic E-state index is 0.0208. The third-order valence-electron chi connectivity index (χ3n) is 4.24. The van der Waals surface area contributed by atoms with Crippen LogP contribution in [-0.2, 0) is 0 Å². The van der Waals surface area contributed by atoms with Crippen LogP contribution >= 0.6 is 0 Å². The summed E-state index contributed by atoms with van der Waals surface area (Å²) in [4.78, 5) is 17.1. The van der Waals surface area contributed by atoms with E-state index in [1.807, 2.05) is 45.0 Å². The van der Waals surface area contributed by atoms with Gasteiger partial charge in [0.05, 0.1) is 6.04 Å². The summed E-state index contributed by atoms with van der Waals surface area (Å²) in [6, 6.07) is 7.41. The third-order valence-corrected chi connectivity index (χ3v) is 4.24. The molecule has 2 N–H and O–H groups in total. The van der Waals surface area contributed by atoms with Crippen molar-refractivity contribution in [3.63, 3.8) is 0 Å². The number of ketones is 1. The van der Waals surface area contributed by atoms with E-state index >= 15 is 0 Å². The SMILES string of the molecule is CN1CCN(c2ccc(C(=O)[C@@H](N)C(C)(C)C)cc2)CC1. The second-order valence-corrected chi connectivity index (χ2v) is 7.05. The lowest BCUT2D eigenvalue weighted by Gasteiger charge is -2.34. The quantitative estimate of drug-likeness (QED) is 0.865. The fourth-order valence-corrected chi connectivity index (χ4v) is 2.47. The molecular formula is C17H27N3O. The van der Waals surface area contributed by atoms with Crippen LogP contribution < -0.4 is 10.6 Å². The first-order valence-electron chi connectivity index (χ1n) is 7.62. The summed E-state index contributed by atoms with van der Waals surface area (Å²) >= 11 is 0. The molecule has 1 aliphatic rings. The lowest BCUT2D eigenvalue weighted by molar-refractivity contribution is 0.0901. The Morgan fingerprint density at radius 2 is 1.62 bits per heavy atom. The Morgan fingerprint density at radius 3 is 2.10 bits per heavy atom. The summed E-state index contributed by atoms with van der Waals surface area (Å²) in [5.74, 6) is 0.0208. The molecule has 1 heterocycles. The molecule has 1 aromatic rings. The standard InChI is InChI=1S/C17H27N3O/c1-17(2,3)16(18)15(21)13-5-7-14(8-6-13)20-11-9-19(4)10-12-20/h5-8,16H,9-12,18H2,1-4H3/t16-/m1/s1. The lowest BCUT2D eigenvalue weighted by atomic mass is 9.83. The molecule has 0 aliphatic carbocycles. The van der Waals surface area contributed by atoms with Gasteiger partial charge in [-0.3, -0.25) is 4.79 Å². The molecule has 21 heavy (non-hydrogen) atoms. The highest BCUT2D eigenvalue weighted by molar-refractivity contribution is 6.00. The van der Waals surface area contributed by atoms with E-state index in [1.165, 1.54) is 5.69 Å². The number of Topliss-reactive ketones (excluding diaryl/α,β-unsaturated/α-hetero) is 1. The number of benzene rings is 1. The Labute approximate surface area is 127 Å². The maximum Gasteiger partial charge on any atom is 0.180 e. The lowest BCUT2D eigenvalue weighted by Crippen LogP contribution is -2.44. The van der Waals surface area contributed by atoms with Gasteiger partial charge in [-0.05, 0) is 36.7 Å². The molecule has 0 saturated carbocycles. The number of anilines is 1. The zero-order chi connectivity index (χ0) is 15.6. The predicted octanol–water partition coefficient (Wildman–Crippen LogP) is 1.99. The highest BCUT2D eigenvalue weighted by atomic mass is 16.1. The van der Waals surface area contributed by atoms with Gasteiger partial charge >= 0.3 is 0 Å². The Kier molecular flexibility index (Phi) is 4.69. The van der Waals surface area contributed by atoms with Gasteiger partial charge in [-0.2, -0.15) is 0 Å². The van der Waals surface area contributed by atoms with E-state index in [0.29, 0.717) is 5.56 Å². The Morgan fingerprint density at radius 1 is 1.10 bits per heavy atom. The molecule has 116 valence electrons. The molecule has 0 bridgehead atoms. The maximum absolute atomic E-state index is 12.4. The van der Waals surface area contributed by atoms with Gasteiger partial charge in [-0.1, -0.05) is 20.8 Å². The molecule has 2 rings (SSSR count).